The zero-order chi connectivity index (χ0) is 10.1. The third kappa shape index (κ3) is 1.29. The number of hydrogen-bond donors (Lipinski definition) is 0. The number of fused-ring (bicyclic) bond motifs is 1. The summed E-state index contributed by atoms with van der Waals surface area (Å²) in [6.45, 7) is 2.20. The molecule has 1 aliphatic rings. The molecule has 1 amide bonds. The van der Waals surface area contributed by atoms with Crippen LogP contribution in [0, 0.1) is 6.92 Å². The second-order valence-electron chi connectivity index (χ2n) is 3.52. The summed E-state index contributed by atoms with van der Waals surface area (Å²) >= 11 is 0. The summed E-state index contributed by atoms with van der Waals surface area (Å²) in [7, 11) is 0. The molecule has 0 aliphatic carbocycles. The third-order valence-corrected chi connectivity index (χ3v) is 2.58. The average molecular weight is 193 g/mol. The zero-order valence-corrected chi connectivity index (χ0v) is 8.09. The highest BCUT2D eigenvalue weighted by Gasteiger charge is 2.27. The number of rotatable bonds is 2. The van der Waals surface area contributed by atoms with Gasteiger partial charge < -0.3 is 4.90 Å². The largest absolute Gasteiger partial charge is 0.332 e. The van der Waals surface area contributed by atoms with Crippen LogP contribution in [0.25, 0.3) is 0 Å². The van der Waals surface area contributed by atoms with Gasteiger partial charge in [-0.3, -0.25) is 4.79 Å². The van der Waals surface area contributed by atoms with Crippen LogP contribution in [0.2, 0.25) is 0 Å². The zero-order valence-electron chi connectivity index (χ0n) is 8.09. The number of halogens is 1. The Labute approximate surface area is 82.3 Å². The summed E-state index contributed by atoms with van der Waals surface area (Å²) in [6, 6.07) is 5.77. The van der Waals surface area contributed by atoms with Gasteiger partial charge in [0.15, 0.2) is 0 Å². The summed E-state index contributed by atoms with van der Waals surface area (Å²) in [6.07, 6.45) is 0. The summed E-state index contributed by atoms with van der Waals surface area (Å²) < 4.78 is 12.1. The molecule has 74 valence electrons. The predicted molar refractivity (Wildman–Crippen MR) is 51.9 cm³/mol. The molecule has 0 atom stereocenters. The molecule has 14 heavy (non-hydrogen) atoms. The fourth-order valence-corrected chi connectivity index (χ4v) is 1.88. The highest BCUT2D eigenvalue weighted by molar-refractivity contribution is 5.99. The van der Waals surface area contributed by atoms with E-state index in [1.54, 1.807) is 4.90 Å². The topological polar surface area (TPSA) is 20.3 Å². The number of carbonyl (C=O) groups is 1. The van der Waals surface area contributed by atoms with E-state index in [1.807, 2.05) is 25.1 Å². The van der Waals surface area contributed by atoms with Gasteiger partial charge in [-0.2, -0.15) is 0 Å². The van der Waals surface area contributed by atoms with Crippen molar-refractivity contribution < 1.29 is 9.18 Å². The maximum atomic E-state index is 12.1. The number of alkyl halides is 1. The van der Waals surface area contributed by atoms with Crippen LogP contribution in [0.4, 0.5) is 4.39 Å². The molecular weight excluding hydrogens is 181 g/mol. The highest BCUT2D eigenvalue weighted by atomic mass is 19.1. The number of aryl methyl sites for hydroxylation is 1. The number of nitrogens with zero attached hydrogens (tertiary/aromatic N) is 1. The number of amides is 1. The molecule has 1 aromatic rings. The second-order valence-corrected chi connectivity index (χ2v) is 3.52. The molecule has 0 saturated heterocycles. The minimum atomic E-state index is -0.473. The maximum absolute atomic E-state index is 12.1. The molecule has 0 spiro atoms. The first kappa shape index (κ1) is 9.19. The molecule has 0 saturated carbocycles. The van der Waals surface area contributed by atoms with Crippen LogP contribution in [0.3, 0.4) is 0 Å². The molecule has 2 nitrogen and oxygen atoms in total. The van der Waals surface area contributed by atoms with Crippen LogP contribution < -0.4 is 0 Å². The second kappa shape index (κ2) is 3.40. The Kier molecular flexibility index (Phi) is 2.23. The minimum Gasteiger partial charge on any atom is -0.332 e. The van der Waals surface area contributed by atoms with Gasteiger partial charge >= 0.3 is 0 Å². The molecule has 0 N–H and O–H groups in total. The molecule has 0 unspecified atom stereocenters. The van der Waals surface area contributed by atoms with E-state index in [-0.39, 0.29) is 12.5 Å². The van der Waals surface area contributed by atoms with Gasteiger partial charge in [0.25, 0.3) is 5.91 Å². The van der Waals surface area contributed by atoms with Crippen LogP contribution in [-0.4, -0.2) is 24.0 Å². The van der Waals surface area contributed by atoms with E-state index in [0.717, 1.165) is 16.7 Å². The Morgan fingerprint density at radius 3 is 2.93 bits per heavy atom. The first-order valence-electron chi connectivity index (χ1n) is 4.68. The lowest BCUT2D eigenvalue weighted by Gasteiger charge is -2.12. The quantitative estimate of drug-likeness (QED) is 0.702. The van der Waals surface area contributed by atoms with E-state index >= 15 is 0 Å². The van der Waals surface area contributed by atoms with Crippen LogP contribution >= 0.6 is 0 Å². The molecule has 1 aromatic carbocycles. The third-order valence-electron chi connectivity index (χ3n) is 2.58. The summed E-state index contributed by atoms with van der Waals surface area (Å²) in [4.78, 5) is 13.3. The van der Waals surface area contributed by atoms with Crippen LogP contribution in [0.5, 0.6) is 0 Å². The Hall–Kier alpha value is -1.38. The molecule has 2 rings (SSSR count). The van der Waals surface area contributed by atoms with Crippen molar-refractivity contribution in [2.24, 2.45) is 0 Å². The summed E-state index contributed by atoms with van der Waals surface area (Å²) in [5.74, 6) is -0.0317. The Morgan fingerprint density at radius 1 is 1.50 bits per heavy atom. The van der Waals surface area contributed by atoms with Gasteiger partial charge in [-0.05, 0) is 18.1 Å². The van der Waals surface area contributed by atoms with Crippen LogP contribution in [-0.2, 0) is 6.54 Å². The number of benzene rings is 1. The van der Waals surface area contributed by atoms with Crippen molar-refractivity contribution in [2.45, 2.75) is 13.5 Å². The monoisotopic (exact) mass is 193 g/mol. The van der Waals surface area contributed by atoms with E-state index in [4.69, 9.17) is 0 Å². The van der Waals surface area contributed by atoms with Crippen LogP contribution in [0.15, 0.2) is 18.2 Å². The maximum Gasteiger partial charge on any atom is 0.254 e. The van der Waals surface area contributed by atoms with Crippen molar-refractivity contribution >= 4 is 5.91 Å². The molecule has 0 fully saturated rings. The van der Waals surface area contributed by atoms with Gasteiger partial charge in [0, 0.05) is 18.7 Å². The van der Waals surface area contributed by atoms with Crippen molar-refractivity contribution in [3.63, 3.8) is 0 Å². The molecule has 1 heterocycles. The normalized spacial score (nSPS) is 14.7. The van der Waals surface area contributed by atoms with Gasteiger partial charge in [-0.1, -0.05) is 18.2 Å². The molecular formula is C11H12FNO. The highest BCUT2D eigenvalue weighted by Crippen LogP contribution is 2.24. The SMILES string of the molecule is Cc1cccc2c1C(=O)N(CCF)C2. The average Bonchev–Trinajstić information content (AvgIpc) is 2.46. The first-order valence-corrected chi connectivity index (χ1v) is 4.68. The van der Waals surface area contributed by atoms with Crippen molar-refractivity contribution in [3.05, 3.63) is 34.9 Å². The van der Waals surface area contributed by atoms with E-state index < -0.39 is 6.67 Å². The fraction of sp³-hybridized carbons (Fsp3) is 0.364. The Bertz CT molecular complexity index is 376. The lowest BCUT2D eigenvalue weighted by molar-refractivity contribution is 0.0767. The molecule has 0 bridgehead atoms. The van der Waals surface area contributed by atoms with E-state index in [9.17, 15) is 9.18 Å². The summed E-state index contributed by atoms with van der Waals surface area (Å²) in [5.41, 5.74) is 2.76. The molecule has 0 radical (unpaired) electrons. The first-order chi connectivity index (χ1) is 6.74. The smallest absolute Gasteiger partial charge is 0.254 e. The number of carbonyl (C=O) groups excluding carboxylic acids is 1. The minimum absolute atomic E-state index is 0.0317. The van der Waals surface area contributed by atoms with Crippen molar-refractivity contribution in [2.75, 3.05) is 13.2 Å². The Balaban J connectivity index is 2.36. The van der Waals surface area contributed by atoms with Crippen molar-refractivity contribution in [1.29, 1.82) is 0 Å². The van der Waals surface area contributed by atoms with E-state index in [2.05, 4.69) is 0 Å². The lowest BCUT2D eigenvalue weighted by atomic mass is 10.0. The van der Waals surface area contributed by atoms with Gasteiger partial charge in [-0.15, -0.1) is 0 Å². The molecule has 1 aliphatic heterocycles. The van der Waals surface area contributed by atoms with E-state index in [0.29, 0.717) is 6.54 Å². The van der Waals surface area contributed by atoms with Gasteiger partial charge in [0.2, 0.25) is 0 Å². The predicted octanol–water partition coefficient (Wildman–Crippen LogP) is 1.92. The van der Waals surface area contributed by atoms with Gasteiger partial charge in [-0.25, -0.2) is 4.39 Å². The van der Waals surface area contributed by atoms with Crippen molar-refractivity contribution in [1.82, 2.24) is 4.90 Å². The van der Waals surface area contributed by atoms with Gasteiger partial charge in [0.05, 0.1) is 0 Å². The molecule has 3 heteroatoms. The Morgan fingerprint density at radius 2 is 2.29 bits per heavy atom. The van der Waals surface area contributed by atoms with Crippen molar-refractivity contribution in [3.8, 4) is 0 Å². The standard InChI is InChI=1S/C11H12FNO/c1-8-3-2-4-9-7-13(6-5-12)11(14)10(8)9/h2-4H,5-7H2,1H3. The summed E-state index contributed by atoms with van der Waals surface area (Å²) in [5, 5.41) is 0. The van der Waals surface area contributed by atoms with Crippen LogP contribution in [0.1, 0.15) is 21.5 Å². The fourth-order valence-electron chi connectivity index (χ4n) is 1.88. The molecule has 0 aromatic heterocycles. The number of hydrogen-bond acceptors (Lipinski definition) is 1. The van der Waals surface area contributed by atoms with Gasteiger partial charge in [0.1, 0.15) is 6.67 Å². The van der Waals surface area contributed by atoms with E-state index in [1.165, 1.54) is 0 Å². The lowest BCUT2D eigenvalue weighted by Crippen LogP contribution is -2.26.